The SMILES string of the molecule is CBr.CCCCCCC(=O)O.c1ccc([PH+](c2ccccc2)c2ccccc2)cc1. The molecule has 3 rings (SSSR count). The monoisotopic (exact) mass is 487 g/mol. The Morgan fingerprint density at radius 1 is 0.700 bits per heavy atom. The number of halogens is 1. The lowest BCUT2D eigenvalue weighted by Crippen LogP contribution is -2.20. The molecule has 0 aliphatic carbocycles. The van der Waals surface area contributed by atoms with E-state index in [0.29, 0.717) is 6.42 Å². The smallest absolute Gasteiger partial charge is 0.303 e. The van der Waals surface area contributed by atoms with Gasteiger partial charge in [-0.2, -0.15) is 0 Å². The highest BCUT2D eigenvalue weighted by Crippen LogP contribution is 2.32. The van der Waals surface area contributed by atoms with E-state index in [1.165, 1.54) is 22.3 Å². The third-order valence-corrected chi connectivity index (χ3v) is 7.16. The van der Waals surface area contributed by atoms with Gasteiger partial charge >= 0.3 is 5.97 Å². The van der Waals surface area contributed by atoms with Crippen LogP contribution in [0.1, 0.15) is 39.0 Å². The van der Waals surface area contributed by atoms with Crippen molar-refractivity contribution in [1.82, 2.24) is 0 Å². The Kier molecular flexibility index (Phi) is 14.6. The van der Waals surface area contributed by atoms with Crippen molar-refractivity contribution in [2.24, 2.45) is 0 Å². The van der Waals surface area contributed by atoms with Gasteiger partial charge in [-0.1, -0.05) is 96.7 Å². The molecule has 0 heterocycles. The highest BCUT2D eigenvalue weighted by molar-refractivity contribution is 9.08. The van der Waals surface area contributed by atoms with Crippen LogP contribution < -0.4 is 15.9 Å². The zero-order valence-corrected chi connectivity index (χ0v) is 20.5. The molecule has 0 aromatic heterocycles. The summed E-state index contributed by atoms with van der Waals surface area (Å²) in [5, 5.41) is 12.5. The predicted octanol–water partition coefficient (Wildman–Crippen LogP) is 6.23. The van der Waals surface area contributed by atoms with Crippen molar-refractivity contribution in [1.29, 1.82) is 0 Å². The van der Waals surface area contributed by atoms with E-state index in [1.54, 1.807) is 0 Å². The van der Waals surface area contributed by atoms with Crippen molar-refractivity contribution in [3.63, 3.8) is 0 Å². The van der Waals surface area contributed by atoms with Crippen molar-refractivity contribution in [2.75, 3.05) is 5.83 Å². The van der Waals surface area contributed by atoms with Crippen LogP contribution in [0.2, 0.25) is 0 Å². The lowest BCUT2D eigenvalue weighted by atomic mass is 10.2. The summed E-state index contributed by atoms with van der Waals surface area (Å²) < 4.78 is 0. The minimum absolute atomic E-state index is 0.333. The van der Waals surface area contributed by atoms with E-state index >= 15 is 0 Å². The molecule has 30 heavy (non-hydrogen) atoms. The number of carboxylic acids is 1. The molecule has 0 fully saturated rings. The number of alkyl halides is 1. The van der Waals surface area contributed by atoms with Crippen LogP contribution in [0.15, 0.2) is 91.0 Å². The number of carbonyl (C=O) groups is 1. The van der Waals surface area contributed by atoms with Crippen LogP contribution in [0.25, 0.3) is 0 Å². The predicted molar refractivity (Wildman–Crippen MR) is 138 cm³/mol. The van der Waals surface area contributed by atoms with Gasteiger partial charge in [0.05, 0.1) is 7.92 Å². The van der Waals surface area contributed by atoms with Gasteiger partial charge in [0.15, 0.2) is 0 Å². The van der Waals surface area contributed by atoms with Crippen LogP contribution in [0.4, 0.5) is 0 Å². The maximum atomic E-state index is 9.96. The second kappa shape index (κ2) is 16.8. The molecule has 0 unspecified atom stereocenters. The summed E-state index contributed by atoms with van der Waals surface area (Å²) in [6.45, 7) is 2.11. The van der Waals surface area contributed by atoms with E-state index in [9.17, 15) is 4.79 Å². The van der Waals surface area contributed by atoms with Crippen LogP contribution in [-0.4, -0.2) is 16.9 Å². The van der Waals surface area contributed by atoms with Crippen molar-refractivity contribution in [2.45, 2.75) is 39.0 Å². The van der Waals surface area contributed by atoms with Gasteiger partial charge in [-0.3, -0.25) is 4.79 Å². The Morgan fingerprint density at radius 3 is 1.37 bits per heavy atom. The third kappa shape index (κ3) is 10.2. The molecule has 1 N–H and O–H groups in total. The fourth-order valence-electron chi connectivity index (χ4n) is 3.02. The Balaban J connectivity index is 0.000000349. The molecule has 0 radical (unpaired) electrons. The molecule has 4 heteroatoms. The van der Waals surface area contributed by atoms with Crippen LogP contribution >= 0.6 is 23.9 Å². The maximum Gasteiger partial charge on any atom is 0.303 e. The number of benzene rings is 3. The van der Waals surface area contributed by atoms with Crippen LogP contribution in [0.5, 0.6) is 0 Å². The van der Waals surface area contributed by atoms with Gasteiger partial charge < -0.3 is 5.11 Å². The fraction of sp³-hybridized carbons (Fsp3) is 0.269. The fourth-order valence-corrected chi connectivity index (χ4v) is 5.59. The number of hydrogen-bond donors (Lipinski definition) is 1. The number of carboxylic acid groups (broad SMARTS) is 1. The summed E-state index contributed by atoms with van der Waals surface area (Å²) >= 11 is 2.94. The molecule has 2 nitrogen and oxygen atoms in total. The van der Waals surface area contributed by atoms with E-state index in [-0.39, 0.29) is 0 Å². The normalized spacial score (nSPS) is 9.73. The summed E-state index contributed by atoms with van der Waals surface area (Å²) in [6, 6.07) is 32.5. The van der Waals surface area contributed by atoms with Crippen LogP contribution in [0, 0.1) is 0 Å². The van der Waals surface area contributed by atoms with Gasteiger partial charge in [-0.15, -0.1) is 0 Å². The lowest BCUT2D eigenvalue weighted by Gasteiger charge is -2.10. The molecule has 0 aliphatic rings. The molecular weight excluding hydrogens is 455 g/mol. The molecular formula is C26H33BrO2P+. The van der Waals surface area contributed by atoms with Crippen molar-refractivity contribution in [3.05, 3.63) is 91.0 Å². The van der Waals surface area contributed by atoms with Gasteiger partial charge in [0.2, 0.25) is 0 Å². The molecule has 0 saturated carbocycles. The van der Waals surface area contributed by atoms with E-state index in [1.807, 2.05) is 5.83 Å². The first-order chi connectivity index (χ1) is 14.7. The first-order valence-electron chi connectivity index (χ1n) is 10.3. The second-order valence-corrected chi connectivity index (χ2v) is 9.16. The molecule has 0 aliphatic heterocycles. The Labute approximate surface area is 191 Å². The van der Waals surface area contributed by atoms with Gasteiger partial charge in [0.1, 0.15) is 15.9 Å². The zero-order chi connectivity index (χ0) is 22.0. The summed E-state index contributed by atoms with van der Waals surface area (Å²) in [4.78, 5) is 9.96. The molecule has 0 spiro atoms. The van der Waals surface area contributed by atoms with Crippen molar-refractivity contribution < 1.29 is 9.90 Å². The molecule has 3 aromatic rings. The topological polar surface area (TPSA) is 37.3 Å². The largest absolute Gasteiger partial charge is 0.481 e. The average Bonchev–Trinajstić information content (AvgIpc) is 2.81. The first kappa shape index (κ1) is 26.1. The van der Waals surface area contributed by atoms with Gasteiger partial charge in [0, 0.05) is 6.42 Å². The first-order valence-corrected chi connectivity index (χ1v) is 13.4. The molecule has 160 valence electrons. The number of rotatable bonds is 8. The quantitative estimate of drug-likeness (QED) is 0.232. The van der Waals surface area contributed by atoms with E-state index in [4.69, 9.17) is 5.11 Å². The van der Waals surface area contributed by atoms with E-state index in [0.717, 1.165) is 19.3 Å². The summed E-state index contributed by atoms with van der Waals surface area (Å²) in [5.74, 6) is 1.14. The van der Waals surface area contributed by atoms with Crippen molar-refractivity contribution in [3.8, 4) is 0 Å². The Hall–Kier alpha value is -1.96. The number of aliphatic carboxylic acids is 1. The van der Waals surface area contributed by atoms with Gasteiger partial charge in [-0.05, 0) is 48.7 Å². The zero-order valence-electron chi connectivity index (χ0n) is 17.9. The van der Waals surface area contributed by atoms with E-state index in [2.05, 4.69) is 114 Å². The third-order valence-electron chi connectivity index (χ3n) is 4.43. The number of hydrogen-bond acceptors (Lipinski definition) is 1. The molecule has 0 amide bonds. The average molecular weight is 488 g/mol. The number of unbranched alkanes of at least 4 members (excludes halogenated alkanes) is 3. The minimum atomic E-state index is -0.877. The molecule has 3 aromatic carbocycles. The summed E-state index contributed by atoms with van der Waals surface area (Å²) in [6.07, 6.45) is 4.55. The minimum Gasteiger partial charge on any atom is -0.481 e. The molecule has 0 saturated heterocycles. The van der Waals surface area contributed by atoms with Gasteiger partial charge in [-0.25, -0.2) is 0 Å². The van der Waals surface area contributed by atoms with Gasteiger partial charge in [0.25, 0.3) is 0 Å². The Morgan fingerprint density at radius 2 is 1.07 bits per heavy atom. The molecule has 0 atom stereocenters. The highest BCUT2D eigenvalue weighted by atomic mass is 79.9. The van der Waals surface area contributed by atoms with Crippen molar-refractivity contribution >= 4 is 45.7 Å². The standard InChI is InChI=1S/C18H15P.C7H14O2.CH3Br/c1-4-10-16(11-5-1)19(17-12-6-2-7-13-17)18-14-8-3-9-15-18;1-2-3-4-5-6-7(8)9;1-2/h1-15H;2-6H2,1H3,(H,8,9);1H3/p+1. The lowest BCUT2D eigenvalue weighted by molar-refractivity contribution is -0.137. The van der Waals surface area contributed by atoms with E-state index < -0.39 is 13.9 Å². The second-order valence-electron chi connectivity index (χ2n) is 6.68. The summed E-state index contributed by atoms with van der Waals surface area (Å²) in [7, 11) is -0.877. The highest BCUT2D eigenvalue weighted by Gasteiger charge is 2.24. The van der Waals surface area contributed by atoms with Crippen LogP contribution in [-0.2, 0) is 4.79 Å². The maximum absolute atomic E-state index is 9.96. The molecule has 0 bridgehead atoms. The summed E-state index contributed by atoms with van der Waals surface area (Å²) in [5.41, 5.74) is 0. The Bertz CT molecular complexity index is 701. The van der Waals surface area contributed by atoms with Crippen LogP contribution in [0.3, 0.4) is 0 Å².